The highest BCUT2D eigenvalue weighted by Crippen LogP contribution is 2.46. The number of benzene rings is 1. The Bertz CT molecular complexity index is 1000. The fourth-order valence-corrected chi connectivity index (χ4v) is 7.41. The number of hydrogen-bond acceptors (Lipinski definition) is 3. The van der Waals surface area contributed by atoms with Gasteiger partial charge in [-0.1, -0.05) is 109 Å². The largest absolute Gasteiger partial charge is 0.236 e. The molecule has 1 aromatic carbocycles. The van der Waals surface area contributed by atoms with Crippen molar-refractivity contribution in [1.82, 2.24) is 9.97 Å². The Morgan fingerprint density at radius 1 is 0.700 bits per heavy atom. The molecule has 0 spiro atoms. The first-order valence-electron chi connectivity index (χ1n) is 17.0. The highest BCUT2D eigenvalue weighted by molar-refractivity contribution is 5.55. The van der Waals surface area contributed by atoms with Gasteiger partial charge in [0.05, 0.1) is 11.5 Å². The van der Waals surface area contributed by atoms with Crippen molar-refractivity contribution < 1.29 is 0 Å². The summed E-state index contributed by atoms with van der Waals surface area (Å²) in [7, 11) is 0. The van der Waals surface area contributed by atoms with Gasteiger partial charge in [0.1, 0.15) is 0 Å². The van der Waals surface area contributed by atoms with Crippen molar-refractivity contribution in [2.75, 3.05) is 0 Å². The molecular formula is C37H55N3. The molecule has 2 aliphatic carbocycles. The van der Waals surface area contributed by atoms with Crippen LogP contribution in [0.15, 0.2) is 36.7 Å². The molecule has 0 N–H and O–H groups in total. The van der Waals surface area contributed by atoms with Crippen molar-refractivity contribution in [3.05, 3.63) is 47.8 Å². The van der Waals surface area contributed by atoms with E-state index in [0.717, 1.165) is 49.4 Å². The van der Waals surface area contributed by atoms with Crippen LogP contribution in [-0.4, -0.2) is 9.97 Å². The van der Waals surface area contributed by atoms with E-state index >= 15 is 0 Å². The van der Waals surface area contributed by atoms with Crippen LogP contribution in [0.25, 0.3) is 11.4 Å². The van der Waals surface area contributed by atoms with E-state index in [4.69, 9.17) is 9.97 Å². The van der Waals surface area contributed by atoms with Gasteiger partial charge in [-0.2, -0.15) is 5.26 Å². The number of unbranched alkanes of at least 4 members (excludes halogenated alkanes) is 8. The zero-order valence-electron chi connectivity index (χ0n) is 25.7. The third kappa shape index (κ3) is 8.89. The van der Waals surface area contributed by atoms with Gasteiger partial charge in [0.25, 0.3) is 0 Å². The zero-order chi connectivity index (χ0) is 28.0. The van der Waals surface area contributed by atoms with Crippen molar-refractivity contribution >= 4 is 0 Å². The Hall–Kier alpha value is -2.21. The van der Waals surface area contributed by atoms with Gasteiger partial charge >= 0.3 is 0 Å². The summed E-state index contributed by atoms with van der Waals surface area (Å²) in [5, 5.41) is 9.88. The first-order valence-corrected chi connectivity index (χ1v) is 17.0. The number of hydrogen-bond donors (Lipinski definition) is 0. The molecule has 1 heterocycles. The van der Waals surface area contributed by atoms with Crippen LogP contribution in [0.4, 0.5) is 0 Å². The molecule has 218 valence electrons. The molecule has 0 aliphatic heterocycles. The lowest BCUT2D eigenvalue weighted by Gasteiger charge is -2.35. The summed E-state index contributed by atoms with van der Waals surface area (Å²) in [5.74, 6) is 2.99. The lowest BCUT2D eigenvalue weighted by molar-refractivity contribution is 0.223. The van der Waals surface area contributed by atoms with Gasteiger partial charge in [-0.05, 0) is 86.7 Å². The Labute approximate surface area is 245 Å². The van der Waals surface area contributed by atoms with Crippen molar-refractivity contribution in [3.8, 4) is 17.5 Å². The molecule has 2 fully saturated rings. The summed E-state index contributed by atoms with van der Waals surface area (Å²) in [6.45, 7) is 4.53. The molecule has 40 heavy (non-hydrogen) atoms. The second-order valence-corrected chi connectivity index (χ2v) is 13.2. The number of nitrogens with zero attached hydrogens (tertiary/aromatic N) is 3. The van der Waals surface area contributed by atoms with Crippen molar-refractivity contribution in [2.24, 2.45) is 11.3 Å². The minimum Gasteiger partial charge on any atom is -0.236 e. The predicted octanol–water partition coefficient (Wildman–Crippen LogP) is 11.3. The number of nitriles is 1. The third-order valence-electron chi connectivity index (χ3n) is 10.3. The van der Waals surface area contributed by atoms with E-state index in [0.29, 0.717) is 11.8 Å². The molecule has 0 bridgehead atoms. The fraction of sp³-hybridized carbons (Fsp3) is 0.703. The molecule has 2 aliphatic rings. The van der Waals surface area contributed by atoms with Crippen molar-refractivity contribution in [2.45, 2.75) is 154 Å². The minimum atomic E-state index is -0.0754. The van der Waals surface area contributed by atoms with Crippen LogP contribution in [0, 0.1) is 22.7 Å². The first-order chi connectivity index (χ1) is 19.7. The van der Waals surface area contributed by atoms with E-state index in [1.165, 1.54) is 107 Å². The van der Waals surface area contributed by atoms with Gasteiger partial charge in [-0.3, -0.25) is 0 Å². The quantitative estimate of drug-likeness (QED) is 0.211. The third-order valence-corrected chi connectivity index (χ3v) is 10.3. The van der Waals surface area contributed by atoms with Crippen LogP contribution in [0.3, 0.4) is 0 Å². The summed E-state index contributed by atoms with van der Waals surface area (Å²) in [5.41, 5.74) is 3.77. The van der Waals surface area contributed by atoms with Crippen LogP contribution in [0.1, 0.15) is 165 Å². The Balaban J connectivity index is 1.20. The molecule has 0 radical (unpaired) electrons. The average molecular weight is 542 g/mol. The molecule has 1 aromatic heterocycles. The topological polar surface area (TPSA) is 49.6 Å². The summed E-state index contributed by atoms with van der Waals surface area (Å²) in [4.78, 5) is 9.59. The molecule has 0 unspecified atom stereocenters. The fourth-order valence-electron chi connectivity index (χ4n) is 7.41. The Kier molecular flexibility index (Phi) is 12.5. The second kappa shape index (κ2) is 16.3. The SMILES string of the molecule is CCCCCCCCCC1CCC(c2cnc(-c3ccc(C4CCC(C#N)(CCCCC)CC4)cc3)nc2)CC1. The van der Waals surface area contributed by atoms with Gasteiger partial charge in [0.15, 0.2) is 5.82 Å². The van der Waals surface area contributed by atoms with Crippen LogP contribution in [-0.2, 0) is 0 Å². The molecule has 3 heteroatoms. The molecule has 2 saturated carbocycles. The summed E-state index contributed by atoms with van der Waals surface area (Å²) in [6, 6.07) is 11.7. The first kappa shape index (κ1) is 30.7. The second-order valence-electron chi connectivity index (χ2n) is 13.2. The van der Waals surface area contributed by atoms with Gasteiger partial charge < -0.3 is 0 Å². The van der Waals surface area contributed by atoms with Crippen LogP contribution in [0.2, 0.25) is 0 Å². The maximum atomic E-state index is 9.88. The van der Waals surface area contributed by atoms with Gasteiger partial charge in [-0.25, -0.2) is 9.97 Å². The van der Waals surface area contributed by atoms with Crippen LogP contribution >= 0.6 is 0 Å². The molecule has 0 amide bonds. The maximum absolute atomic E-state index is 9.88. The highest BCUT2D eigenvalue weighted by atomic mass is 14.9. The summed E-state index contributed by atoms with van der Waals surface area (Å²) in [6.07, 6.45) is 30.0. The van der Waals surface area contributed by atoms with E-state index < -0.39 is 0 Å². The standard InChI is InChI=1S/C37H55N3/c1-3-5-7-8-9-10-11-13-30-14-16-32(17-15-30)35-27-39-36(40-28-35)34-20-18-31(19-21-34)33-22-25-37(29-38,26-23-33)24-12-6-4-2/h18-21,27-28,30,32-33H,3-17,22-26H2,1-2H3. The molecule has 0 saturated heterocycles. The zero-order valence-corrected chi connectivity index (χ0v) is 25.7. The molecule has 2 aromatic rings. The average Bonchev–Trinajstić information content (AvgIpc) is 3.02. The van der Waals surface area contributed by atoms with Gasteiger partial charge in [0, 0.05) is 18.0 Å². The van der Waals surface area contributed by atoms with Crippen LogP contribution in [0.5, 0.6) is 0 Å². The normalized spacial score (nSPS) is 25.0. The molecule has 0 atom stereocenters. The summed E-state index contributed by atoms with van der Waals surface area (Å²) >= 11 is 0. The van der Waals surface area contributed by atoms with E-state index in [2.05, 4.69) is 56.6 Å². The highest BCUT2D eigenvalue weighted by Gasteiger charge is 2.35. The monoisotopic (exact) mass is 541 g/mol. The Morgan fingerprint density at radius 3 is 1.90 bits per heavy atom. The van der Waals surface area contributed by atoms with Crippen molar-refractivity contribution in [3.63, 3.8) is 0 Å². The van der Waals surface area contributed by atoms with Crippen molar-refractivity contribution in [1.29, 1.82) is 5.26 Å². The lowest BCUT2D eigenvalue weighted by atomic mass is 9.67. The predicted molar refractivity (Wildman–Crippen MR) is 168 cm³/mol. The smallest absolute Gasteiger partial charge is 0.159 e. The Morgan fingerprint density at radius 2 is 1.27 bits per heavy atom. The number of rotatable bonds is 15. The van der Waals surface area contributed by atoms with E-state index in [1.807, 2.05) is 0 Å². The van der Waals surface area contributed by atoms with E-state index in [9.17, 15) is 5.26 Å². The molecule has 3 nitrogen and oxygen atoms in total. The van der Waals surface area contributed by atoms with Gasteiger partial charge in [-0.15, -0.1) is 0 Å². The number of aromatic nitrogens is 2. The van der Waals surface area contributed by atoms with E-state index in [-0.39, 0.29) is 5.41 Å². The molecule has 4 rings (SSSR count). The molecular weight excluding hydrogens is 486 g/mol. The maximum Gasteiger partial charge on any atom is 0.159 e. The van der Waals surface area contributed by atoms with E-state index in [1.54, 1.807) is 0 Å². The van der Waals surface area contributed by atoms with Crippen LogP contribution < -0.4 is 0 Å². The van der Waals surface area contributed by atoms with Gasteiger partial charge in [0.2, 0.25) is 0 Å². The minimum absolute atomic E-state index is 0.0754. The summed E-state index contributed by atoms with van der Waals surface area (Å²) < 4.78 is 0. The lowest BCUT2D eigenvalue weighted by Crippen LogP contribution is -2.25.